The molecule has 11 atom stereocenters. The molecule has 0 spiro atoms. The fraction of sp³-hybridized carbons (Fsp3) is 0.960. The first kappa shape index (κ1) is 22.5. The van der Waals surface area contributed by atoms with E-state index in [1.54, 1.807) is 0 Å². The Morgan fingerprint density at radius 2 is 1.73 bits per heavy atom. The first-order valence-corrected chi connectivity index (χ1v) is 12.2. The maximum absolute atomic E-state index is 11.6. The fourth-order valence-electron chi connectivity index (χ4n) is 9.20. The van der Waals surface area contributed by atoms with Crippen molar-refractivity contribution < 1.29 is 25.2 Å². The molecule has 4 saturated carbocycles. The van der Waals surface area contributed by atoms with Gasteiger partial charge in [-0.25, -0.2) is 0 Å². The van der Waals surface area contributed by atoms with Crippen LogP contribution in [0.15, 0.2) is 0 Å². The minimum atomic E-state index is -0.750. The van der Waals surface area contributed by atoms with E-state index in [0.717, 1.165) is 38.5 Å². The average molecular weight is 423 g/mol. The van der Waals surface area contributed by atoms with Crippen LogP contribution in [0.4, 0.5) is 0 Å². The highest BCUT2D eigenvalue weighted by atomic mass is 16.4. The quantitative estimate of drug-likeness (QED) is 0.552. The normalized spacial score (nSPS) is 54.0. The van der Waals surface area contributed by atoms with Gasteiger partial charge in [-0.05, 0) is 97.2 Å². The van der Waals surface area contributed by atoms with Crippen LogP contribution in [0.5, 0.6) is 0 Å². The van der Waals surface area contributed by atoms with E-state index in [4.69, 9.17) is 5.11 Å². The molecule has 0 radical (unpaired) electrons. The van der Waals surface area contributed by atoms with Gasteiger partial charge in [-0.1, -0.05) is 27.7 Å². The van der Waals surface area contributed by atoms with E-state index in [-0.39, 0.29) is 52.6 Å². The molecule has 11 unspecified atom stereocenters. The molecule has 172 valence electrons. The molecular weight excluding hydrogens is 380 g/mol. The lowest BCUT2D eigenvalue weighted by Gasteiger charge is -2.69. The monoisotopic (exact) mass is 422 g/mol. The largest absolute Gasteiger partial charge is 0.481 e. The van der Waals surface area contributed by atoms with Crippen LogP contribution in [0.2, 0.25) is 0 Å². The van der Waals surface area contributed by atoms with Crippen molar-refractivity contribution in [2.24, 2.45) is 45.8 Å². The molecule has 30 heavy (non-hydrogen) atoms. The maximum Gasteiger partial charge on any atom is 0.303 e. The Balaban J connectivity index is 1.66. The van der Waals surface area contributed by atoms with Crippen LogP contribution in [0.3, 0.4) is 0 Å². The van der Waals surface area contributed by atoms with Crippen molar-refractivity contribution in [2.45, 2.75) is 104 Å². The van der Waals surface area contributed by atoms with Crippen molar-refractivity contribution in [3.05, 3.63) is 0 Å². The summed E-state index contributed by atoms with van der Waals surface area (Å²) in [5, 5.41) is 42.5. The van der Waals surface area contributed by atoms with E-state index in [1.807, 2.05) is 0 Å². The van der Waals surface area contributed by atoms with E-state index in [9.17, 15) is 20.1 Å². The van der Waals surface area contributed by atoms with Gasteiger partial charge in [0.05, 0.1) is 18.3 Å². The van der Waals surface area contributed by atoms with Crippen LogP contribution >= 0.6 is 0 Å². The molecule has 4 aliphatic rings. The number of rotatable bonds is 4. The summed E-state index contributed by atoms with van der Waals surface area (Å²) in [7, 11) is 0. The van der Waals surface area contributed by atoms with Crippen molar-refractivity contribution in [3.8, 4) is 0 Å². The van der Waals surface area contributed by atoms with E-state index in [2.05, 4.69) is 27.7 Å². The molecule has 5 heteroatoms. The number of aliphatic hydroxyl groups is 3. The molecule has 0 aliphatic heterocycles. The third-order valence-corrected chi connectivity index (χ3v) is 11.1. The minimum Gasteiger partial charge on any atom is -0.481 e. The predicted molar refractivity (Wildman–Crippen MR) is 115 cm³/mol. The lowest BCUT2D eigenvalue weighted by Crippen LogP contribution is -2.67. The Labute approximate surface area is 181 Å². The van der Waals surface area contributed by atoms with Gasteiger partial charge in [0.1, 0.15) is 0 Å². The molecule has 0 bridgehead atoms. The topological polar surface area (TPSA) is 98.0 Å². The van der Waals surface area contributed by atoms with Gasteiger partial charge in [-0.2, -0.15) is 0 Å². The molecule has 4 rings (SSSR count). The lowest BCUT2D eigenvalue weighted by molar-refractivity contribution is -0.251. The van der Waals surface area contributed by atoms with Crippen LogP contribution in [0.25, 0.3) is 0 Å². The summed E-state index contributed by atoms with van der Waals surface area (Å²) in [5.74, 6) is 0.541. The Morgan fingerprint density at radius 1 is 1.03 bits per heavy atom. The van der Waals surface area contributed by atoms with Crippen molar-refractivity contribution in [2.75, 3.05) is 0 Å². The van der Waals surface area contributed by atoms with Crippen LogP contribution in [-0.2, 0) is 4.79 Å². The number of fused-ring (bicyclic) bond motifs is 5. The molecule has 5 nitrogen and oxygen atoms in total. The van der Waals surface area contributed by atoms with E-state index in [1.165, 1.54) is 0 Å². The van der Waals surface area contributed by atoms with Gasteiger partial charge < -0.3 is 20.4 Å². The summed E-state index contributed by atoms with van der Waals surface area (Å²) < 4.78 is 0. The van der Waals surface area contributed by atoms with Crippen molar-refractivity contribution in [1.29, 1.82) is 0 Å². The van der Waals surface area contributed by atoms with Crippen molar-refractivity contribution in [1.82, 2.24) is 0 Å². The number of carbonyl (C=O) groups is 1. The molecule has 0 aromatic carbocycles. The molecule has 0 aromatic heterocycles. The molecule has 0 heterocycles. The summed E-state index contributed by atoms with van der Waals surface area (Å²) in [4.78, 5) is 11.1. The first-order valence-electron chi connectivity index (χ1n) is 12.2. The highest BCUT2D eigenvalue weighted by molar-refractivity contribution is 5.66. The van der Waals surface area contributed by atoms with Crippen LogP contribution in [-0.4, -0.2) is 44.7 Å². The number of carboxylic acids is 1. The number of hydrogen-bond donors (Lipinski definition) is 4. The van der Waals surface area contributed by atoms with Gasteiger partial charge in [-0.3, -0.25) is 4.79 Å². The van der Waals surface area contributed by atoms with Crippen molar-refractivity contribution >= 4 is 5.97 Å². The highest BCUT2D eigenvalue weighted by Gasteiger charge is 2.70. The lowest BCUT2D eigenvalue weighted by atomic mass is 9.37. The highest BCUT2D eigenvalue weighted by Crippen LogP contribution is 2.73. The fourth-order valence-corrected chi connectivity index (χ4v) is 9.20. The molecule has 0 aromatic rings. The zero-order valence-corrected chi connectivity index (χ0v) is 19.2. The second-order valence-corrected chi connectivity index (χ2v) is 12.1. The Morgan fingerprint density at radius 3 is 2.40 bits per heavy atom. The van der Waals surface area contributed by atoms with E-state index in [0.29, 0.717) is 24.7 Å². The second-order valence-electron chi connectivity index (χ2n) is 12.1. The molecule has 4 fully saturated rings. The van der Waals surface area contributed by atoms with Gasteiger partial charge in [0.2, 0.25) is 0 Å². The zero-order chi connectivity index (χ0) is 22.1. The van der Waals surface area contributed by atoms with E-state index >= 15 is 0 Å². The second kappa shape index (κ2) is 7.45. The van der Waals surface area contributed by atoms with Crippen molar-refractivity contribution in [3.63, 3.8) is 0 Å². The third-order valence-electron chi connectivity index (χ3n) is 11.1. The van der Waals surface area contributed by atoms with Gasteiger partial charge in [0.25, 0.3) is 0 Å². The predicted octanol–water partition coefficient (Wildman–Crippen LogP) is 3.84. The first-order chi connectivity index (χ1) is 13.9. The van der Waals surface area contributed by atoms with Gasteiger partial charge in [0, 0.05) is 6.42 Å². The number of aliphatic carboxylic acids is 1. The summed E-state index contributed by atoms with van der Waals surface area (Å²) >= 11 is 0. The maximum atomic E-state index is 11.6. The number of aliphatic hydroxyl groups excluding tert-OH is 3. The smallest absolute Gasteiger partial charge is 0.303 e. The molecule has 0 amide bonds. The molecule has 4 N–H and O–H groups in total. The van der Waals surface area contributed by atoms with Crippen LogP contribution in [0.1, 0.15) is 85.5 Å². The van der Waals surface area contributed by atoms with Gasteiger partial charge in [-0.15, -0.1) is 0 Å². The summed E-state index contributed by atoms with van der Waals surface area (Å²) in [5.41, 5.74) is -0.371. The number of hydrogen-bond acceptors (Lipinski definition) is 4. The number of carboxylic acid groups (broad SMARTS) is 1. The molecule has 0 saturated heterocycles. The van der Waals surface area contributed by atoms with Crippen LogP contribution in [0, 0.1) is 45.8 Å². The van der Waals surface area contributed by atoms with Gasteiger partial charge >= 0.3 is 5.97 Å². The Hall–Kier alpha value is -0.650. The Kier molecular flexibility index (Phi) is 5.60. The third kappa shape index (κ3) is 3.02. The molecule has 4 aliphatic carbocycles. The minimum absolute atomic E-state index is 0.0332. The Bertz CT molecular complexity index is 680. The van der Waals surface area contributed by atoms with E-state index < -0.39 is 12.1 Å². The van der Waals surface area contributed by atoms with Crippen LogP contribution < -0.4 is 0 Å². The SMILES string of the molecule is CC(CCC(=O)O)C1CCC2C3C(O)CC4CC(O)CCC4(C)C3(C)CC(O)C12C. The zero-order valence-electron chi connectivity index (χ0n) is 19.2. The summed E-state index contributed by atoms with van der Waals surface area (Å²) in [6.07, 6.45) is 5.78. The summed E-state index contributed by atoms with van der Waals surface area (Å²) in [6, 6.07) is 0. The average Bonchev–Trinajstić information content (AvgIpc) is 3.00. The summed E-state index contributed by atoms with van der Waals surface area (Å²) in [6.45, 7) is 9.05. The standard InChI is InChI=1S/C25H42O5/c1-14(5-8-21(29)30)17-6-7-18-22-19(27)12-15-11-16(26)9-10-23(15,2)24(22,3)13-20(28)25(17,18)4/h14-20,22,26-28H,5-13H2,1-4H3,(H,29,30). The van der Waals surface area contributed by atoms with Gasteiger partial charge in [0.15, 0.2) is 0 Å². The molecular formula is C25H42O5.